The number of sulfonamides is 1. The quantitative estimate of drug-likeness (QED) is 0.639. The normalized spacial score (nSPS) is 18.2. The Hall–Kier alpha value is -2.35. The Balaban J connectivity index is 1.34. The summed E-state index contributed by atoms with van der Waals surface area (Å²) in [5, 5.41) is 1.11. The zero-order valence-electron chi connectivity index (χ0n) is 16.5. The third-order valence-electron chi connectivity index (χ3n) is 5.39. The molecule has 154 valence electrons. The van der Waals surface area contributed by atoms with Gasteiger partial charge in [0.05, 0.1) is 18.6 Å². The Kier molecular flexibility index (Phi) is 5.89. The molecule has 1 aliphatic heterocycles. The Morgan fingerprint density at radius 3 is 2.72 bits per heavy atom. The lowest BCUT2D eigenvalue weighted by molar-refractivity contribution is 0.159. The summed E-state index contributed by atoms with van der Waals surface area (Å²) < 4.78 is 38.9. The van der Waals surface area contributed by atoms with Crippen LogP contribution in [0.3, 0.4) is 0 Å². The average Bonchev–Trinajstić information content (AvgIpc) is 3.15. The fourth-order valence-corrected chi connectivity index (χ4v) is 4.98. The molecule has 0 amide bonds. The second kappa shape index (κ2) is 8.57. The van der Waals surface area contributed by atoms with E-state index in [-0.39, 0.29) is 10.8 Å². The first-order valence-electron chi connectivity index (χ1n) is 9.87. The summed E-state index contributed by atoms with van der Waals surface area (Å²) in [5.74, 6) is 1.87. The number of furan rings is 1. The smallest absolute Gasteiger partial charge is 0.240 e. The molecule has 1 saturated heterocycles. The SMILES string of the molecule is COc1ccc(S(=O)(=O)NC[C@@H]2CCCN(Cc3cc4ccccc4o3)C2)cc1. The van der Waals surface area contributed by atoms with Gasteiger partial charge in [-0.1, -0.05) is 18.2 Å². The van der Waals surface area contributed by atoms with Crippen LogP contribution in [-0.4, -0.2) is 40.1 Å². The summed E-state index contributed by atoms with van der Waals surface area (Å²) in [6, 6.07) is 16.5. The predicted molar refractivity (Wildman–Crippen MR) is 112 cm³/mol. The molecule has 1 N–H and O–H groups in total. The van der Waals surface area contributed by atoms with E-state index in [4.69, 9.17) is 9.15 Å². The number of methoxy groups -OCH3 is 1. The van der Waals surface area contributed by atoms with Crippen LogP contribution in [0.25, 0.3) is 11.0 Å². The Labute approximate surface area is 171 Å². The van der Waals surface area contributed by atoms with Gasteiger partial charge in [0.1, 0.15) is 17.1 Å². The average molecular weight is 415 g/mol. The minimum Gasteiger partial charge on any atom is -0.497 e. The van der Waals surface area contributed by atoms with E-state index in [0.29, 0.717) is 12.3 Å². The molecular formula is C22H26N2O4S. The van der Waals surface area contributed by atoms with Crippen molar-refractivity contribution in [2.45, 2.75) is 24.3 Å². The van der Waals surface area contributed by atoms with Gasteiger partial charge >= 0.3 is 0 Å². The number of ether oxygens (including phenoxy) is 1. The summed E-state index contributed by atoms with van der Waals surface area (Å²) >= 11 is 0. The number of rotatable bonds is 7. The second-order valence-electron chi connectivity index (χ2n) is 7.52. The van der Waals surface area contributed by atoms with E-state index in [0.717, 1.165) is 49.2 Å². The monoisotopic (exact) mass is 414 g/mol. The number of nitrogens with one attached hydrogen (secondary N) is 1. The zero-order chi connectivity index (χ0) is 20.3. The summed E-state index contributed by atoms with van der Waals surface area (Å²) in [6.07, 6.45) is 2.07. The van der Waals surface area contributed by atoms with Gasteiger partial charge in [-0.25, -0.2) is 13.1 Å². The van der Waals surface area contributed by atoms with Crippen molar-refractivity contribution in [3.63, 3.8) is 0 Å². The summed E-state index contributed by atoms with van der Waals surface area (Å²) in [5.41, 5.74) is 0.906. The molecule has 7 heteroatoms. The molecule has 4 rings (SSSR count). The Bertz CT molecular complexity index is 1030. The minimum atomic E-state index is -3.52. The molecule has 0 spiro atoms. The van der Waals surface area contributed by atoms with E-state index in [1.54, 1.807) is 31.4 Å². The van der Waals surface area contributed by atoms with Gasteiger partial charge in [0, 0.05) is 18.5 Å². The fourth-order valence-electron chi connectivity index (χ4n) is 3.86. The lowest BCUT2D eigenvalue weighted by Crippen LogP contribution is -2.40. The van der Waals surface area contributed by atoms with E-state index in [1.165, 1.54) is 0 Å². The first-order valence-corrected chi connectivity index (χ1v) is 11.4. The van der Waals surface area contributed by atoms with E-state index >= 15 is 0 Å². The van der Waals surface area contributed by atoms with E-state index < -0.39 is 10.0 Å². The van der Waals surface area contributed by atoms with Gasteiger partial charge in [-0.05, 0) is 61.7 Å². The van der Waals surface area contributed by atoms with Crippen molar-refractivity contribution < 1.29 is 17.6 Å². The zero-order valence-corrected chi connectivity index (χ0v) is 17.3. The molecule has 0 bridgehead atoms. The van der Waals surface area contributed by atoms with Gasteiger partial charge < -0.3 is 9.15 Å². The van der Waals surface area contributed by atoms with Crippen LogP contribution in [0.1, 0.15) is 18.6 Å². The van der Waals surface area contributed by atoms with Crippen molar-refractivity contribution in [3.05, 3.63) is 60.4 Å². The van der Waals surface area contributed by atoms with Crippen molar-refractivity contribution in [2.24, 2.45) is 5.92 Å². The molecule has 2 heterocycles. The maximum Gasteiger partial charge on any atom is 0.240 e. The third kappa shape index (κ3) is 4.80. The number of hydrogen-bond donors (Lipinski definition) is 1. The van der Waals surface area contributed by atoms with Crippen molar-refractivity contribution >= 4 is 21.0 Å². The highest BCUT2D eigenvalue weighted by Gasteiger charge is 2.23. The number of likely N-dealkylation sites (tertiary alicyclic amines) is 1. The fraction of sp³-hybridized carbons (Fsp3) is 0.364. The van der Waals surface area contributed by atoms with E-state index in [9.17, 15) is 8.42 Å². The minimum absolute atomic E-state index is 0.258. The highest BCUT2D eigenvalue weighted by molar-refractivity contribution is 7.89. The number of fused-ring (bicyclic) bond motifs is 1. The molecule has 29 heavy (non-hydrogen) atoms. The molecule has 6 nitrogen and oxygen atoms in total. The number of piperidine rings is 1. The topological polar surface area (TPSA) is 71.8 Å². The van der Waals surface area contributed by atoms with Crippen molar-refractivity contribution in [1.82, 2.24) is 9.62 Å². The predicted octanol–water partition coefficient (Wildman–Crippen LogP) is 3.63. The molecule has 2 aromatic carbocycles. The lowest BCUT2D eigenvalue weighted by Gasteiger charge is -2.32. The van der Waals surface area contributed by atoms with Gasteiger partial charge in [0.25, 0.3) is 0 Å². The van der Waals surface area contributed by atoms with Crippen LogP contribution in [0.4, 0.5) is 0 Å². The first kappa shape index (κ1) is 19.9. The van der Waals surface area contributed by atoms with Gasteiger partial charge in [-0.3, -0.25) is 4.90 Å². The summed E-state index contributed by atoms with van der Waals surface area (Å²) in [4.78, 5) is 2.60. The highest BCUT2D eigenvalue weighted by atomic mass is 32.2. The van der Waals surface area contributed by atoms with Crippen molar-refractivity contribution in [2.75, 3.05) is 26.7 Å². The Morgan fingerprint density at radius 2 is 1.97 bits per heavy atom. The van der Waals surface area contributed by atoms with Gasteiger partial charge in [-0.2, -0.15) is 0 Å². The molecular weight excluding hydrogens is 388 g/mol. The molecule has 0 aliphatic carbocycles. The molecule has 1 fully saturated rings. The molecule has 0 unspecified atom stereocenters. The number of nitrogens with zero attached hydrogens (tertiary/aromatic N) is 1. The molecule has 1 atom stereocenters. The maximum absolute atomic E-state index is 12.6. The standard InChI is InChI=1S/C22H26N2O4S/c1-27-19-8-10-21(11-9-19)29(25,26)23-14-17-5-4-12-24(15-17)16-20-13-18-6-2-3-7-22(18)28-20/h2-3,6-11,13,17,23H,4-5,12,14-16H2,1H3/t17-/m0/s1. The molecule has 1 aliphatic rings. The van der Waals surface area contributed by atoms with Crippen LogP contribution in [0.2, 0.25) is 0 Å². The van der Waals surface area contributed by atoms with Gasteiger partial charge in [-0.15, -0.1) is 0 Å². The van der Waals surface area contributed by atoms with Gasteiger partial charge in [0.2, 0.25) is 10.0 Å². The maximum atomic E-state index is 12.6. The van der Waals surface area contributed by atoms with Gasteiger partial charge in [0.15, 0.2) is 0 Å². The van der Waals surface area contributed by atoms with Crippen molar-refractivity contribution in [1.29, 1.82) is 0 Å². The van der Waals surface area contributed by atoms with E-state index in [2.05, 4.69) is 21.8 Å². The highest BCUT2D eigenvalue weighted by Crippen LogP contribution is 2.23. The molecule has 1 aromatic heterocycles. The van der Waals surface area contributed by atoms with E-state index in [1.807, 2.05) is 18.2 Å². The van der Waals surface area contributed by atoms with Crippen LogP contribution in [0.15, 0.2) is 63.9 Å². The number of hydrogen-bond acceptors (Lipinski definition) is 5. The van der Waals surface area contributed by atoms with Crippen LogP contribution in [0.5, 0.6) is 5.75 Å². The second-order valence-corrected chi connectivity index (χ2v) is 9.29. The largest absolute Gasteiger partial charge is 0.497 e. The first-order chi connectivity index (χ1) is 14.0. The van der Waals surface area contributed by atoms with Crippen LogP contribution < -0.4 is 9.46 Å². The van der Waals surface area contributed by atoms with Crippen molar-refractivity contribution in [3.8, 4) is 5.75 Å². The van der Waals surface area contributed by atoms with Crippen LogP contribution >= 0.6 is 0 Å². The van der Waals surface area contributed by atoms with Crippen LogP contribution in [0, 0.1) is 5.92 Å². The van der Waals surface area contributed by atoms with Crippen LogP contribution in [-0.2, 0) is 16.6 Å². The molecule has 0 radical (unpaired) electrons. The molecule has 0 saturated carbocycles. The summed E-state index contributed by atoms with van der Waals surface area (Å²) in [6.45, 7) is 3.03. The Morgan fingerprint density at radius 1 is 1.17 bits per heavy atom. The number of benzene rings is 2. The third-order valence-corrected chi connectivity index (χ3v) is 6.83. The molecule has 3 aromatic rings. The lowest BCUT2D eigenvalue weighted by atomic mass is 9.98. The summed E-state index contributed by atoms with van der Waals surface area (Å²) in [7, 11) is -1.96. The number of para-hydroxylation sites is 1.